The van der Waals surface area contributed by atoms with Crippen LogP contribution in [-0.4, -0.2) is 34.5 Å². The molecule has 20 heavy (non-hydrogen) atoms. The maximum absolute atomic E-state index is 12.8. The van der Waals surface area contributed by atoms with Crippen LogP contribution in [0.2, 0.25) is 0 Å². The fourth-order valence-corrected chi connectivity index (χ4v) is 1.98. The van der Waals surface area contributed by atoms with Crippen molar-refractivity contribution in [2.45, 2.75) is 11.6 Å². The Hall–Kier alpha value is -1.96. The van der Waals surface area contributed by atoms with Crippen molar-refractivity contribution < 1.29 is 13.5 Å². The Morgan fingerprint density at radius 1 is 1.35 bits per heavy atom. The number of ether oxygens (including phenoxy) is 1. The molecule has 8 heteroatoms. The standard InChI is InChI=1S/C12H12F2N4OS/c1-19-9-6-4-3-5-8(9)7-15-18-11(10(13)14)16-17-12(18)20-2/h3-7,10H,1-2H3/b15-7+. The lowest BCUT2D eigenvalue weighted by molar-refractivity contribution is 0.135. The molecule has 0 spiro atoms. The molecular weight excluding hydrogens is 286 g/mol. The summed E-state index contributed by atoms with van der Waals surface area (Å²) in [5.74, 6) is 0.120. The van der Waals surface area contributed by atoms with Gasteiger partial charge in [-0.15, -0.1) is 10.2 Å². The Morgan fingerprint density at radius 3 is 2.75 bits per heavy atom. The number of hydrogen-bond donors (Lipinski definition) is 0. The van der Waals surface area contributed by atoms with Gasteiger partial charge in [-0.05, 0) is 18.4 Å². The first-order valence-electron chi connectivity index (χ1n) is 5.62. The molecule has 2 rings (SSSR count). The van der Waals surface area contributed by atoms with Crippen molar-refractivity contribution in [1.82, 2.24) is 14.9 Å². The molecule has 0 saturated heterocycles. The van der Waals surface area contributed by atoms with E-state index in [1.165, 1.54) is 25.1 Å². The Bertz CT molecular complexity index is 615. The van der Waals surface area contributed by atoms with Gasteiger partial charge in [0.2, 0.25) is 11.0 Å². The molecule has 0 radical (unpaired) electrons. The first-order valence-corrected chi connectivity index (χ1v) is 6.84. The fraction of sp³-hybridized carbons (Fsp3) is 0.250. The zero-order chi connectivity index (χ0) is 14.5. The summed E-state index contributed by atoms with van der Waals surface area (Å²) in [5, 5.41) is 11.4. The highest BCUT2D eigenvalue weighted by Crippen LogP contribution is 2.22. The Labute approximate surface area is 118 Å². The number of thioether (sulfide) groups is 1. The highest BCUT2D eigenvalue weighted by Gasteiger charge is 2.19. The quantitative estimate of drug-likeness (QED) is 0.629. The van der Waals surface area contributed by atoms with Crippen LogP contribution in [0.5, 0.6) is 5.75 Å². The Morgan fingerprint density at radius 2 is 2.10 bits per heavy atom. The Kier molecular flexibility index (Phi) is 4.67. The predicted octanol–water partition coefficient (Wildman–Crippen LogP) is 2.83. The van der Waals surface area contributed by atoms with Crippen LogP contribution in [0.15, 0.2) is 34.5 Å². The highest BCUT2D eigenvalue weighted by atomic mass is 32.2. The molecule has 0 unspecified atom stereocenters. The van der Waals surface area contributed by atoms with Crippen molar-refractivity contribution in [2.24, 2.45) is 5.10 Å². The first kappa shape index (κ1) is 14.4. The van der Waals surface area contributed by atoms with Gasteiger partial charge in [-0.1, -0.05) is 23.9 Å². The van der Waals surface area contributed by atoms with E-state index in [-0.39, 0.29) is 0 Å². The summed E-state index contributed by atoms with van der Waals surface area (Å²) < 4.78 is 31.8. The number of halogens is 2. The summed E-state index contributed by atoms with van der Waals surface area (Å²) in [6, 6.07) is 7.15. The van der Waals surface area contributed by atoms with E-state index in [1.54, 1.807) is 24.5 Å². The van der Waals surface area contributed by atoms with Crippen LogP contribution >= 0.6 is 11.8 Å². The van der Waals surface area contributed by atoms with Crippen molar-refractivity contribution in [3.8, 4) is 5.75 Å². The number of benzene rings is 1. The van der Waals surface area contributed by atoms with E-state index in [1.807, 2.05) is 6.07 Å². The molecule has 0 fully saturated rings. The zero-order valence-corrected chi connectivity index (χ0v) is 11.6. The summed E-state index contributed by atoms with van der Waals surface area (Å²) in [7, 11) is 1.53. The number of hydrogen-bond acceptors (Lipinski definition) is 5. The van der Waals surface area contributed by atoms with Gasteiger partial charge in [0.05, 0.1) is 13.3 Å². The summed E-state index contributed by atoms with van der Waals surface area (Å²) in [6.07, 6.45) is 0.417. The van der Waals surface area contributed by atoms with Crippen molar-refractivity contribution in [3.63, 3.8) is 0 Å². The molecule has 5 nitrogen and oxygen atoms in total. The van der Waals surface area contributed by atoms with Gasteiger partial charge in [-0.3, -0.25) is 0 Å². The predicted molar refractivity (Wildman–Crippen MR) is 72.7 cm³/mol. The molecule has 0 aliphatic rings. The van der Waals surface area contributed by atoms with Crippen LogP contribution in [0.25, 0.3) is 0 Å². The van der Waals surface area contributed by atoms with Crippen molar-refractivity contribution in [2.75, 3.05) is 13.4 Å². The normalized spacial score (nSPS) is 11.4. The molecule has 0 aliphatic carbocycles. The fourth-order valence-electron chi connectivity index (χ4n) is 1.54. The van der Waals surface area contributed by atoms with Crippen LogP contribution in [0, 0.1) is 0 Å². The molecule has 0 bridgehead atoms. The van der Waals surface area contributed by atoms with E-state index in [4.69, 9.17) is 4.74 Å². The van der Waals surface area contributed by atoms with E-state index >= 15 is 0 Å². The molecule has 0 amide bonds. The monoisotopic (exact) mass is 298 g/mol. The summed E-state index contributed by atoms with van der Waals surface area (Å²) in [4.78, 5) is 0. The minimum absolute atomic E-state index is 0.298. The minimum atomic E-state index is -2.74. The minimum Gasteiger partial charge on any atom is -0.496 e. The molecule has 0 aliphatic heterocycles. The molecular formula is C12H12F2N4OS. The third kappa shape index (κ3) is 2.96. The van der Waals surface area contributed by atoms with Gasteiger partial charge in [0.15, 0.2) is 0 Å². The second-order valence-electron chi connectivity index (χ2n) is 3.64. The van der Waals surface area contributed by atoms with Crippen molar-refractivity contribution in [1.29, 1.82) is 0 Å². The lowest BCUT2D eigenvalue weighted by atomic mass is 10.2. The van der Waals surface area contributed by atoms with Gasteiger partial charge in [0, 0.05) is 5.56 Å². The maximum Gasteiger partial charge on any atom is 0.299 e. The average Bonchev–Trinajstić information content (AvgIpc) is 2.88. The van der Waals surface area contributed by atoms with E-state index in [0.717, 1.165) is 4.68 Å². The van der Waals surface area contributed by atoms with E-state index in [0.29, 0.717) is 16.5 Å². The summed E-state index contributed by atoms with van der Waals surface area (Å²) >= 11 is 1.19. The maximum atomic E-state index is 12.8. The molecule has 0 atom stereocenters. The number of aromatic nitrogens is 3. The number of nitrogens with zero attached hydrogens (tertiary/aromatic N) is 4. The number of para-hydroxylation sites is 1. The van der Waals surface area contributed by atoms with Gasteiger partial charge in [0.25, 0.3) is 6.43 Å². The van der Waals surface area contributed by atoms with Gasteiger partial charge in [0.1, 0.15) is 5.75 Å². The van der Waals surface area contributed by atoms with Gasteiger partial charge in [-0.25, -0.2) is 8.78 Å². The van der Waals surface area contributed by atoms with E-state index in [9.17, 15) is 8.78 Å². The molecule has 1 heterocycles. The van der Waals surface area contributed by atoms with Crippen LogP contribution < -0.4 is 4.74 Å². The third-order valence-electron chi connectivity index (χ3n) is 2.47. The third-order valence-corrected chi connectivity index (χ3v) is 3.08. The second kappa shape index (κ2) is 6.47. The van der Waals surface area contributed by atoms with Gasteiger partial charge in [-0.2, -0.15) is 9.78 Å². The lowest BCUT2D eigenvalue weighted by Crippen LogP contribution is -2.01. The van der Waals surface area contributed by atoms with Gasteiger partial charge >= 0.3 is 0 Å². The summed E-state index contributed by atoms with van der Waals surface area (Å²) in [6.45, 7) is 0. The van der Waals surface area contributed by atoms with Gasteiger partial charge < -0.3 is 4.74 Å². The Balaban J connectivity index is 2.38. The van der Waals surface area contributed by atoms with Crippen molar-refractivity contribution >= 4 is 18.0 Å². The molecule has 1 aromatic carbocycles. The molecule has 0 N–H and O–H groups in total. The summed E-state index contributed by atoms with van der Waals surface area (Å²) in [5.41, 5.74) is 0.677. The smallest absolute Gasteiger partial charge is 0.299 e. The van der Waals surface area contributed by atoms with Crippen molar-refractivity contribution in [3.05, 3.63) is 35.7 Å². The van der Waals surface area contributed by atoms with E-state index < -0.39 is 12.2 Å². The molecule has 106 valence electrons. The first-order chi connectivity index (χ1) is 9.67. The van der Waals surface area contributed by atoms with E-state index in [2.05, 4.69) is 15.3 Å². The second-order valence-corrected chi connectivity index (χ2v) is 4.42. The van der Waals surface area contributed by atoms with Crippen LogP contribution in [0.3, 0.4) is 0 Å². The zero-order valence-electron chi connectivity index (χ0n) is 10.8. The van der Waals surface area contributed by atoms with Crippen LogP contribution in [0.1, 0.15) is 17.8 Å². The topological polar surface area (TPSA) is 52.3 Å². The number of methoxy groups -OCH3 is 1. The lowest BCUT2D eigenvalue weighted by Gasteiger charge is -2.04. The number of alkyl halides is 2. The van der Waals surface area contributed by atoms with Crippen LogP contribution in [0.4, 0.5) is 8.78 Å². The SMILES string of the molecule is COc1ccccc1/C=N/n1c(SC)nnc1C(F)F. The molecule has 2 aromatic rings. The largest absolute Gasteiger partial charge is 0.496 e. The highest BCUT2D eigenvalue weighted by molar-refractivity contribution is 7.98. The average molecular weight is 298 g/mol. The van der Waals surface area contributed by atoms with Crippen LogP contribution in [-0.2, 0) is 0 Å². The molecule has 1 aromatic heterocycles. The number of rotatable bonds is 5. The molecule has 0 saturated carbocycles.